The maximum atomic E-state index is 11.2. The van der Waals surface area contributed by atoms with Crippen molar-refractivity contribution in [3.63, 3.8) is 0 Å². The second-order valence-corrected chi connectivity index (χ2v) is 9.91. The molecule has 29 heavy (non-hydrogen) atoms. The van der Waals surface area contributed by atoms with Gasteiger partial charge in [0.1, 0.15) is 0 Å². The van der Waals surface area contributed by atoms with E-state index in [1.54, 1.807) is 6.08 Å². The van der Waals surface area contributed by atoms with E-state index in [-0.39, 0.29) is 11.2 Å². The molecule has 1 atom stereocenters. The molecule has 1 saturated carbocycles. The molecule has 1 aliphatic carbocycles. The number of primary amides is 1. The van der Waals surface area contributed by atoms with Gasteiger partial charge >= 0.3 is 0 Å². The van der Waals surface area contributed by atoms with Crippen LogP contribution in [0.3, 0.4) is 0 Å². The van der Waals surface area contributed by atoms with Crippen LogP contribution in [0.15, 0.2) is 35.4 Å². The summed E-state index contributed by atoms with van der Waals surface area (Å²) in [4.78, 5) is 12.3. The highest BCUT2D eigenvalue weighted by atomic mass is 32.2. The van der Waals surface area contributed by atoms with Gasteiger partial charge in [0.15, 0.2) is 0 Å². The molecule has 0 bridgehead atoms. The SMILES string of the molecule is C=C/C=C(NC1CCCCC1)\C(=C/C)SC(C)C(N)=O.CCC1(C)CCNCC1. The second-order valence-electron chi connectivity index (χ2n) is 8.52. The van der Waals surface area contributed by atoms with Gasteiger partial charge in [0, 0.05) is 16.6 Å². The van der Waals surface area contributed by atoms with E-state index in [0.717, 1.165) is 10.6 Å². The Morgan fingerprint density at radius 1 is 1.31 bits per heavy atom. The molecule has 4 nitrogen and oxygen atoms in total. The predicted molar refractivity (Wildman–Crippen MR) is 129 cm³/mol. The molecule has 1 amide bonds. The molecule has 5 heteroatoms. The van der Waals surface area contributed by atoms with Gasteiger partial charge in [-0.15, -0.1) is 11.8 Å². The van der Waals surface area contributed by atoms with E-state index in [1.165, 1.54) is 76.2 Å². The number of nitrogens with two attached hydrogens (primary N) is 1. The Morgan fingerprint density at radius 2 is 1.93 bits per heavy atom. The van der Waals surface area contributed by atoms with Crippen LogP contribution in [0.5, 0.6) is 0 Å². The average molecular weight is 422 g/mol. The third-order valence-corrected chi connectivity index (χ3v) is 7.44. The first-order valence-electron chi connectivity index (χ1n) is 11.3. The summed E-state index contributed by atoms with van der Waals surface area (Å²) in [6.07, 6.45) is 16.2. The van der Waals surface area contributed by atoms with E-state index in [9.17, 15) is 4.79 Å². The van der Waals surface area contributed by atoms with Crippen LogP contribution in [0, 0.1) is 5.41 Å². The molecule has 2 aliphatic rings. The van der Waals surface area contributed by atoms with Gasteiger partial charge in [0.05, 0.1) is 5.25 Å². The fourth-order valence-electron chi connectivity index (χ4n) is 3.71. The molecule has 0 aromatic heterocycles. The summed E-state index contributed by atoms with van der Waals surface area (Å²) < 4.78 is 0. The quantitative estimate of drug-likeness (QED) is 0.467. The number of carbonyl (C=O) groups excluding carboxylic acids is 1. The Labute approximate surface area is 183 Å². The van der Waals surface area contributed by atoms with Gasteiger partial charge in [-0.1, -0.05) is 58.3 Å². The molecule has 1 saturated heterocycles. The van der Waals surface area contributed by atoms with Crippen LogP contribution >= 0.6 is 11.8 Å². The third-order valence-electron chi connectivity index (χ3n) is 6.15. The largest absolute Gasteiger partial charge is 0.381 e. The molecule has 2 fully saturated rings. The van der Waals surface area contributed by atoms with Gasteiger partial charge in [0.25, 0.3) is 0 Å². The summed E-state index contributed by atoms with van der Waals surface area (Å²) in [6, 6.07) is 0.523. The van der Waals surface area contributed by atoms with Crippen molar-refractivity contribution in [3.8, 4) is 0 Å². The van der Waals surface area contributed by atoms with Crippen LogP contribution in [-0.4, -0.2) is 30.3 Å². The highest BCUT2D eigenvalue weighted by Gasteiger charge is 2.23. The predicted octanol–water partition coefficient (Wildman–Crippen LogP) is 5.28. The Balaban J connectivity index is 0.000000387. The van der Waals surface area contributed by atoms with Crippen LogP contribution in [0.4, 0.5) is 0 Å². The highest BCUT2D eigenvalue weighted by Crippen LogP contribution is 2.31. The van der Waals surface area contributed by atoms with Gasteiger partial charge in [-0.05, 0) is 64.1 Å². The number of hydrogen-bond donors (Lipinski definition) is 3. The minimum Gasteiger partial charge on any atom is -0.381 e. The maximum Gasteiger partial charge on any atom is 0.230 e. The molecule has 4 N–H and O–H groups in total. The number of allylic oxidation sites excluding steroid dienone is 3. The van der Waals surface area contributed by atoms with Crippen molar-refractivity contribution in [2.75, 3.05) is 13.1 Å². The summed E-state index contributed by atoms with van der Waals surface area (Å²) >= 11 is 1.50. The normalized spacial score (nSPS) is 21.5. The average Bonchev–Trinajstić information content (AvgIpc) is 2.73. The first-order valence-corrected chi connectivity index (χ1v) is 12.2. The zero-order chi connectivity index (χ0) is 21.7. The monoisotopic (exact) mass is 421 g/mol. The number of thioether (sulfide) groups is 1. The second kappa shape index (κ2) is 13.9. The van der Waals surface area contributed by atoms with Gasteiger partial charge in [-0.2, -0.15) is 0 Å². The molecule has 2 rings (SSSR count). The van der Waals surface area contributed by atoms with Crippen molar-refractivity contribution < 1.29 is 4.79 Å². The van der Waals surface area contributed by atoms with Crippen molar-refractivity contribution in [2.45, 2.75) is 90.4 Å². The molecular weight excluding hydrogens is 378 g/mol. The summed E-state index contributed by atoms with van der Waals surface area (Å²) in [5, 5.41) is 6.74. The lowest BCUT2D eigenvalue weighted by Crippen LogP contribution is -2.34. The van der Waals surface area contributed by atoms with E-state index >= 15 is 0 Å². The summed E-state index contributed by atoms with van der Waals surface area (Å²) in [6.45, 7) is 14.7. The van der Waals surface area contributed by atoms with Gasteiger partial charge < -0.3 is 16.4 Å². The Hall–Kier alpha value is -1.20. The number of nitrogens with one attached hydrogen (secondary N) is 2. The van der Waals surface area contributed by atoms with Crippen molar-refractivity contribution in [3.05, 3.63) is 35.4 Å². The van der Waals surface area contributed by atoms with Gasteiger partial charge in [-0.3, -0.25) is 4.79 Å². The molecule has 0 aromatic rings. The lowest BCUT2D eigenvalue weighted by Gasteiger charge is -2.32. The van der Waals surface area contributed by atoms with E-state index in [0.29, 0.717) is 11.5 Å². The summed E-state index contributed by atoms with van der Waals surface area (Å²) in [5.41, 5.74) is 7.06. The smallest absolute Gasteiger partial charge is 0.230 e. The molecule has 1 aliphatic heterocycles. The van der Waals surface area contributed by atoms with Crippen molar-refractivity contribution in [1.29, 1.82) is 0 Å². The molecule has 0 radical (unpaired) electrons. The number of carbonyl (C=O) groups is 1. The number of hydrogen-bond acceptors (Lipinski definition) is 4. The van der Waals surface area contributed by atoms with E-state index in [2.05, 4.69) is 31.1 Å². The topological polar surface area (TPSA) is 67.1 Å². The highest BCUT2D eigenvalue weighted by molar-refractivity contribution is 8.04. The number of piperidine rings is 1. The summed E-state index contributed by atoms with van der Waals surface area (Å²) in [5.74, 6) is -0.287. The van der Waals surface area contributed by atoms with Gasteiger partial charge in [-0.25, -0.2) is 0 Å². The van der Waals surface area contributed by atoms with Crippen LogP contribution in [0.2, 0.25) is 0 Å². The van der Waals surface area contributed by atoms with E-state index < -0.39 is 0 Å². The maximum absolute atomic E-state index is 11.2. The molecule has 1 heterocycles. The minimum atomic E-state index is -0.287. The minimum absolute atomic E-state index is 0.234. The zero-order valence-electron chi connectivity index (χ0n) is 19.1. The van der Waals surface area contributed by atoms with Crippen molar-refractivity contribution in [1.82, 2.24) is 10.6 Å². The molecule has 1 unspecified atom stereocenters. The van der Waals surface area contributed by atoms with E-state index in [1.807, 2.05) is 26.0 Å². The third kappa shape index (κ3) is 9.90. The first kappa shape index (κ1) is 25.8. The standard InChI is InChI=1S/C16H26N2OS.C8H17N/c1-4-9-14(18-13-10-7-6-8-11-13)15(5-2)20-12(3)16(17)19;1-3-8(2)4-6-9-7-5-8/h4-5,9,12-13,18H,1,6-8,10-11H2,2-3H3,(H2,17,19);9H,3-7H2,1-2H3/b14-9+,15-5+;. The zero-order valence-corrected chi connectivity index (χ0v) is 19.9. The Bertz CT molecular complexity index is 558. The fourth-order valence-corrected chi connectivity index (χ4v) is 4.59. The van der Waals surface area contributed by atoms with Crippen molar-refractivity contribution >= 4 is 17.7 Å². The van der Waals surface area contributed by atoms with Crippen LogP contribution < -0.4 is 16.4 Å². The molecule has 166 valence electrons. The number of rotatable bonds is 8. The van der Waals surface area contributed by atoms with Crippen LogP contribution in [0.25, 0.3) is 0 Å². The van der Waals surface area contributed by atoms with E-state index in [4.69, 9.17) is 5.73 Å². The molecule has 0 spiro atoms. The van der Waals surface area contributed by atoms with Crippen molar-refractivity contribution in [2.24, 2.45) is 11.1 Å². The number of amides is 1. The van der Waals surface area contributed by atoms with Gasteiger partial charge in [0.2, 0.25) is 5.91 Å². The lowest BCUT2D eigenvalue weighted by molar-refractivity contribution is -0.117. The summed E-state index contributed by atoms with van der Waals surface area (Å²) in [7, 11) is 0. The first-order chi connectivity index (χ1) is 13.8. The Kier molecular flexibility index (Phi) is 12.4. The fraction of sp³-hybridized carbons (Fsp3) is 0.708. The molecule has 0 aromatic carbocycles. The van der Waals surface area contributed by atoms with Crippen LogP contribution in [-0.2, 0) is 4.79 Å². The lowest BCUT2D eigenvalue weighted by atomic mass is 9.79. The molecular formula is C24H43N3OS. The van der Waals surface area contributed by atoms with Crippen LogP contribution in [0.1, 0.15) is 79.1 Å². The Morgan fingerprint density at radius 3 is 2.38 bits per heavy atom.